The molecule has 0 amide bonds. The molecule has 3 aromatic rings. The zero-order valence-electron chi connectivity index (χ0n) is 27.5. The Morgan fingerprint density at radius 1 is 0.500 bits per heavy atom. The van der Waals surface area contributed by atoms with Crippen molar-refractivity contribution < 1.29 is 38.1 Å². The molecule has 0 aliphatic rings. The standard InChI is InChI=1S/C38H42O8S2/c1-27(2)37(41)43-25-9-5-7-11-35(39)45-29-13-17-31(18-14-29)47-33-21-23-34(24-22-33)48-32-19-15-30(16-20-32)46-36(40)12-8-6-10-26-44-38(42)28(3)4/h13-24H,1,3,5-12,25-26H2,2,4H3. The van der Waals surface area contributed by atoms with E-state index < -0.39 is 11.9 Å². The highest BCUT2D eigenvalue weighted by atomic mass is 32.2. The second-order valence-corrected chi connectivity index (χ2v) is 13.3. The van der Waals surface area contributed by atoms with Gasteiger partial charge in [0.2, 0.25) is 0 Å². The maximum absolute atomic E-state index is 12.2. The van der Waals surface area contributed by atoms with Crippen LogP contribution in [-0.2, 0) is 28.7 Å². The minimum Gasteiger partial charge on any atom is -0.462 e. The maximum Gasteiger partial charge on any atom is 0.333 e. The smallest absolute Gasteiger partial charge is 0.333 e. The Kier molecular flexibility index (Phi) is 16.6. The van der Waals surface area contributed by atoms with Crippen molar-refractivity contribution in [1.82, 2.24) is 0 Å². The van der Waals surface area contributed by atoms with Crippen LogP contribution in [0.1, 0.15) is 65.2 Å². The molecule has 0 heterocycles. The molecular weight excluding hydrogens is 649 g/mol. The van der Waals surface area contributed by atoms with Gasteiger partial charge in [0.25, 0.3) is 0 Å². The number of ether oxygens (including phenoxy) is 4. The zero-order chi connectivity index (χ0) is 34.7. The Bertz CT molecular complexity index is 1410. The van der Waals surface area contributed by atoms with Gasteiger partial charge in [-0.2, -0.15) is 0 Å². The van der Waals surface area contributed by atoms with Gasteiger partial charge in [0, 0.05) is 43.6 Å². The Labute approximate surface area is 291 Å². The lowest BCUT2D eigenvalue weighted by Gasteiger charge is -2.08. The van der Waals surface area contributed by atoms with E-state index in [0.29, 0.717) is 74.4 Å². The molecule has 0 aromatic heterocycles. The molecule has 254 valence electrons. The summed E-state index contributed by atoms with van der Waals surface area (Å²) >= 11 is 3.22. The first-order valence-corrected chi connectivity index (χ1v) is 17.4. The molecule has 8 nitrogen and oxygen atoms in total. The summed E-state index contributed by atoms with van der Waals surface area (Å²) in [5.41, 5.74) is 0.752. The van der Waals surface area contributed by atoms with Crippen molar-refractivity contribution in [2.24, 2.45) is 0 Å². The predicted molar refractivity (Wildman–Crippen MR) is 187 cm³/mol. The maximum atomic E-state index is 12.2. The largest absolute Gasteiger partial charge is 0.462 e. The molecule has 3 rings (SSSR count). The number of unbranched alkanes of at least 4 members (excludes halogenated alkanes) is 4. The van der Waals surface area contributed by atoms with Gasteiger partial charge in [-0.05, 0) is 125 Å². The average Bonchev–Trinajstić information content (AvgIpc) is 3.06. The molecule has 10 heteroatoms. The molecular formula is C38H42O8S2. The third-order valence-electron chi connectivity index (χ3n) is 6.62. The molecule has 0 bridgehead atoms. The number of carbonyl (C=O) groups excluding carboxylic acids is 4. The Hall–Kier alpha value is -4.28. The summed E-state index contributed by atoms with van der Waals surface area (Å²) in [5.74, 6) is -0.359. The normalized spacial score (nSPS) is 10.5. The number of hydrogen-bond donors (Lipinski definition) is 0. The van der Waals surface area contributed by atoms with Gasteiger partial charge in [0.05, 0.1) is 13.2 Å². The van der Waals surface area contributed by atoms with Crippen molar-refractivity contribution in [3.8, 4) is 11.5 Å². The van der Waals surface area contributed by atoms with E-state index in [1.165, 1.54) is 0 Å². The van der Waals surface area contributed by atoms with E-state index in [1.807, 2.05) is 24.3 Å². The molecule has 0 unspecified atom stereocenters. The van der Waals surface area contributed by atoms with Gasteiger partial charge < -0.3 is 18.9 Å². The first-order valence-electron chi connectivity index (χ1n) is 15.8. The van der Waals surface area contributed by atoms with Crippen molar-refractivity contribution in [1.29, 1.82) is 0 Å². The number of carbonyl (C=O) groups is 4. The van der Waals surface area contributed by atoms with Crippen LogP contribution in [0.2, 0.25) is 0 Å². The Balaban J connectivity index is 1.32. The van der Waals surface area contributed by atoms with Gasteiger partial charge in [-0.25, -0.2) is 9.59 Å². The van der Waals surface area contributed by atoms with Crippen molar-refractivity contribution in [3.05, 3.63) is 97.1 Å². The average molecular weight is 691 g/mol. The topological polar surface area (TPSA) is 105 Å². The fourth-order valence-corrected chi connectivity index (χ4v) is 5.67. The van der Waals surface area contributed by atoms with Crippen LogP contribution in [0.3, 0.4) is 0 Å². The van der Waals surface area contributed by atoms with E-state index in [1.54, 1.807) is 61.6 Å². The van der Waals surface area contributed by atoms with Crippen molar-refractivity contribution in [2.45, 2.75) is 84.8 Å². The fourth-order valence-electron chi connectivity index (χ4n) is 4.04. The van der Waals surface area contributed by atoms with E-state index in [4.69, 9.17) is 18.9 Å². The molecule has 0 N–H and O–H groups in total. The van der Waals surface area contributed by atoms with Crippen LogP contribution < -0.4 is 9.47 Å². The fraction of sp³-hybridized carbons (Fsp3) is 0.316. The summed E-state index contributed by atoms with van der Waals surface area (Å²) in [6.07, 6.45) is 4.81. The second-order valence-electron chi connectivity index (χ2n) is 11.0. The third kappa shape index (κ3) is 15.1. The summed E-state index contributed by atoms with van der Waals surface area (Å²) in [7, 11) is 0. The third-order valence-corrected chi connectivity index (χ3v) is 8.65. The molecule has 0 fully saturated rings. The van der Waals surface area contributed by atoms with Gasteiger partial charge in [-0.1, -0.05) is 36.7 Å². The second kappa shape index (κ2) is 20.8. The van der Waals surface area contributed by atoms with Crippen LogP contribution in [0.4, 0.5) is 0 Å². The number of hydrogen-bond acceptors (Lipinski definition) is 10. The minimum absolute atomic E-state index is 0.290. The van der Waals surface area contributed by atoms with Crippen LogP contribution in [-0.4, -0.2) is 37.1 Å². The SMILES string of the molecule is C=C(C)C(=O)OCCCCCC(=O)Oc1ccc(Sc2ccc(Sc3ccc(OC(=O)CCCCCOC(=O)C(=C)C)cc3)cc2)cc1. The lowest BCUT2D eigenvalue weighted by Crippen LogP contribution is -2.08. The Morgan fingerprint density at radius 3 is 1.12 bits per heavy atom. The first kappa shape index (κ1) is 38.2. The van der Waals surface area contributed by atoms with Crippen LogP contribution in [0, 0.1) is 0 Å². The molecule has 0 radical (unpaired) electrons. The van der Waals surface area contributed by atoms with E-state index in [2.05, 4.69) is 37.4 Å². The molecule has 0 aliphatic carbocycles. The zero-order valence-corrected chi connectivity index (χ0v) is 29.1. The van der Waals surface area contributed by atoms with Crippen molar-refractivity contribution >= 4 is 47.4 Å². The molecule has 0 aliphatic heterocycles. The molecule has 3 aromatic carbocycles. The van der Waals surface area contributed by atoms with Crippen LogP contribution in [0.15, 0.2) is 117 Å². The van der Waals surface area contributed by atoms with Gasteiger partial charge in [0.1, 0.15) is 11.5 Å². The Morgan fingerprint density at radius 2 is 0.812 bits per heavy atom. The molecule has 48 heavy (non-hydrogen) atoms. The summed E-state index contributed by atoms with van der Waals surface area (Å²) < 4.78 is 21.0. The summed E-state index contributed by atoms with van der Waals surface area (Å²) in [5, 5.41) is 0. The van der Waals surface area contributed by atoms with Gasteiger partial charge in [-0.3, -0.25) is 9.59 Å². The molecule has 0 spiro atoms. The van der Waals surface area contributed by atoms with E-state index in [9.17, 15) is 19.2 Å². The van der Waals surface area contributed by atoms with Crippen LogP contribution >= 0.6 is 23.5 Å². The summed E-state index contributed by atoms with van der Waals surface area (Å²) in [6.45, 7) is 10.9. The van der Waals surface area contributed by atoms with E-state index in [-0.39, 0.29) is 11.9 Å². The number of benzene rings is 3. The number of esters is 4. The molecule has 0 saturated heterocycles. The van der Waals surface area contributed by atoms with Gasteiger partial charge in [0.15, 0.2) is 0 Å². The monoisotopic (exact) mass is 690 g/mol. The predicted octanol–water partition coefficient (Wildman–Crippen LogP) is 9.16. The lowest BCUT2D eigenvalue weighted by molar-refractivity contribution is -0.140. The molecule has 0 atom stereocenters. The highest BCUT2D eigenvalue weighted by molar-refractivity contribution is 7.99. The van der Waals surface area contributed by atoms with Crippen molar-refractivity contribution in [2.75, 3.05) is 13.2 Å². The quantitative estimate of drug-likeness (QED) is 0.0493. The van der Waals surface area contributed by atoms with E-state index in [0.717, 1.165) is 32.4 Å². The summed E-state index contributed by atoms with van der Waals surface area (Å²) in [4.78, 5) is 51.3. The first-order chi connectivity index (χ1) is 23.1. The van der Waals surface area contributed by atoms with Gasteiger partial charge in [-0.15, -0.1) is 0 Å². The highest BCUT2D eigenvalue weighted by Gasteiger charge is 2.09. The minimum atomic E-state index is -0.393. The van der Waals surface area contributed by atoms with Crippen LogP contribution in [0.25, 0.3) is 0 Å². The highest BCUT2D eigenvalue weighted by Crippen LogP contribution is 2.33. The number of rotatable bonds is 20. The lowest BCUT2D eigenvalue weighted by atomic mass is 10.2. The van der Waals surface area contributed by atoms with Crippen LogP contribution in [0.5, 0.6) is 11.5 Å². The van der Waals surface area contributed by atoms with E-state index >= 15 is 0 Å². The molecule has 0 saturated carbocycles. The van der Waals surface area contributed by atoms with Crippen molar-refractivity contribution in [3.63, 3.8) is 0 Å². The summed E-state index contributed by atoms with van der Waals surface area (Å²) in [6, 6.07) is 23.1. The van der Waals surface area contributed by atoms with Gasteiger partial charge >= 0.3 is 23.9 Å².